The van der Waals surface area contributed by atoms with Crippen molar-refractivity contribution < 1.29 is 14.3 Å². The summed E-state index contributed by atoms with van der Waals surface area (Å²) < 4.78 is 4.74. The Labute approximate surface area is 135 Å². The maximum absolute atomic E-state index is 11.9. The van der Waals surface area contributed by atoms with Crippen LogP contribution in [0.15, 0.2) is 48.5 Å². The second kappa shape index (κ2) is 7.98. The number of methoxy groups -OCH3 is 1. The van der Waals surface area contributed by atoms with Gasteiger partial charge in [-0.15, -0.1) is 0 Å². The van der Waals surface area contributed by atoms with E-state index in [0.29, 0.717) is 24.2 Å². The summed E-state index contributed by atoms with van der Waals surface area (Å²) in [6, 6.07) is 14.7. The molecule has 0 fully saturated rings. The van der Waals surface area contributed by atoms with E-state index in [4.69, 9.17) is 4.74 Å². The molecule has 0 heterocycles. The molecule has 0 saturated carbocycles. The largest absolute Gasteiger partial charge is 0.465 e. The van der Waals surface area contributed by atoms with E-state index in [0.717, 1.165) is 11.3 Å². The van der Waals surface area contributed by atoms with Crippen molar-refractivity contribution in [1.29, 1.82) is 0 Å². The van der Waals surface area contributed by atoms with Gasteiger partial charge in [-0.05, 0) is 36.8 Å². The SMILES string of the molecule is COC(=O)c1ccccc1NCCC(=O)Nc1cccc(C)c1. The third-order valence-corrected chi connectivity index (χ3v) is 3.30. The lowest BCUT2D eigenvalue weighted by Gasteiger charge is -2.11. The number of para-hydroxylation sites is 1. The van der Waals surface area contributed by atoms with E-state index in [-0.39, 0.29) is 5.91 Å². The fourth-order valence-corrected chi connectivity index (χ4v) is 2.18. The van der Waals surface area contributed by atoms with Gasteiger partial charge in [-0.3, -0.25) is 4.79 Å². The zero-order valence-electron chi connectivity index (χ0n) is 13.3. The third-order valence-electron chi connectivity index (χ3n) is 3.30. The van der Waals surface area contributed by atoms with Crippen molar-refractivity contribution in [3.63, 3.8) is 0 Å². The van der Waals surface area contributed by atoms with Crippen LogP contribution in [0.1, 0.15) is 22.3 Å². The first-order chi connectivity index (χ1) is 11.1. The van der Waals surface area contributed by atoms with Gasteiger partial charge in [0.2, 0.25) is 5.91 Å². The summed E-state index contributed by atoms with van der Waals surface area (Å²) >= 11 is 0. The third kappa shape index (κ3) is 4.85. The number of rotatable bonds is 6. The highest BCUT2D eigenvalue weighted by Gasteiger charge is 2.11. The Bertz CT molecular complexity index is 698. The second-order valence-corrected chi connectivity index (χ2v) is 5.13. The van der Waals surface area contributed by atoms with Gasteiger partial charge in [0.15, 0.2) is 0 Å². The maximum Gasteiger partial charge on any atom is 0.339 e. The number of amides is 1. The molecule has 120 valence electrons. The highest BCUT2D eigenvalue weighted by atomic mass is 16.5. The second-order valence-electron chi connectivity index (χ2n) is 5.13. The monoisotopic (exact) mass is 312 g/mol. The van der Waals surface area contributed by atoms with Crippen LogP contribution in [0.5, 0.6) is 0 Å². The Kier molecular flexibility index (Phi) is 5.74. The molecule has 23 heavy (non-hydrogen) atoms. The molecule has 0 aromatic heterocycles. The molecule has 2 rings (SSSR count). The van der Waals surface area contributed by atoms with Gasteiger partial charge in [-0.2, -0.15) is 0 Å². The molecule has 2 N–H and O–H groups in total. The Morgan fingerprint density at radius 2 is 1.87 bits per heavy atom. The zero-order valence-corrected chi connectivity index (χ0v) is 13.3. The summed E-state index contributed by atoms with van der Waals surface area (Å²) in [6.07, 6.45) is 0.295. The van der Waals surface area contributed by atoms with E-state index >= 15 is 0 Å². The normalized spacial score (nSPS) is 10.0. The predicted molar refractivity (Wildman–Crippen MR) is 90.7 cm³/mol. The molecular weight excluding hydrogens is 292 g/mol. The van der Waals surface area contributed by atoms with Crippen LogP contribution in [-0.4, -0.2) is 25.5 Å². The quantitative estimate of drug-likeness (QED) is 0.804. The first-order valence-corrected chi connectivity index (χ1v) is 7.38. The topological polar surface area (TPSA) is 67.4 Å². The summed E-state index contributed by atoms with van der Waals surface area (Å²) in [5, 5.41) is 5.94. The first-order valence-electron chi connectivity index (χ1n) is 7.38. The molecule has 5 heteroatoms. The van der Waals surface area contributed by atoms with Crippen molar-refractivity contribution in [3.8, 4) is 0 Å². The Morgan fingerprint density at radius 1 is 1.09 bits per heavy atom. The average molecular weight is 312 g/mol. The lowest BCUT2D eigenvalue weighted by Crippen LogP contribution is -2.17. The molecular formula is C18H20N2O3. The van der Waals surface area contributed by atoms with Crippen LogP contribution >= 0.6 is 0 Å². The van der Waals surface area contributed by atoms with Crippen molar-refractivity contribution in [3.05, 3.63) is 59.7 Å². The molecule has 5 nitrogen and oxygen atoms in total. The summed E-state index contributed by atoms with van der Waals surface area (Å²) in [5.41, 5.74) is 2.98. The minimum absolute atomic E-state index is 0.0846. The lowest BCUT2D eigenvalue weighted by atomic mass is 10.1. The van der Waals surface area contributed by atoms with Gasteiger partial charge >= 0.3 is 5.97 Å². The van der Waals surface area contributed by atoms with Crippen molar-refractivity contribution in [2.24, 2.45) is 0 Å². The van der Waals surface area contributed by atoms with Crippen LogP contribution in [0.25, 0.3) is 0 Å². The molecule has 0 saturated heterocycles. The van der Waals surface area contributed by atoms with Crippen molar-refractivity contribution >= 4 is 23.3 Å². The van der Waals surface area contributed by atoms with E-state index < -0.39 is 5.97 Å². The molecule has 0 unspecified atom stereocenters. The zero-order chi connectivity index (χ0) is 16.7. The number of hydrogen-bond acceptors (Lipinski definition) is 4. The fraction of sp³-hybridized carbons (Fsp3) is 0.222. The fourth-order valence-electron chi connectivity index (χ4n) is 2.18. The summed E-state index contributed by atoms with van der Waals surface area (Å²) in [4.78, 5) is 23.6. The molecule has 2 aromatic rings. The number of esters is 1. The highest BCUT2D eigenvalue weighted by Crippen LogP contribution is 2.16. The van der Waals surface area contributed by atoms with Gasteiger partial charge in [0.05, 0.1) is 12.7 Å². The molecule has 0 atom stereocenters. The molecule has 1 amide bonds. The van der Waals surface area contributed by atoms with Gasteiger partial charge in [0, 0.05) is 24.3 Å². The molecule has 2 aromatic carbocycles. The standard InChI is InChI=1S/C18H20N2O3/c1-13-6-5-7-14(12-13)20-17(21)10-11-19-16-9-4-3-8-15(16)18(22)23-2/h3-9,12,19H,10-11H2,1-2H3,(H,20,21). The van der Waals surface area contributed by atoms with Gasteiger partial charge < -0.3 is 15.4 Å². The molecule has 0 aliphatic carbocycles. The van der Waals surface area contributed by atoms with Crippen molar-refractivity contribution in [1.82, 2.24) is 0 Å². The van der Waals surface area contributed by atoms with E-state index in [9.17, 15) is 9.59 Å². The lowest BCUT2D eigenvalue weighted by molar-refractivity contribution is -0.115. The average Bonchev–Trinajstić information content (AvgIpc) is 2.54. The van der Waals surface area contributed by atoms with Gasteiger partial charge in [-0.1, -0.05) is 24.3 Å². The van der Waals surface area contributed by atoms with Crippen LogP contribution in [0.4, 0.5) is 11.4 Å². The molecule has 0 aliphatic rings. The van der Waals surface area contributed by atoms with Gasteiger partial charge in [-0.25, -0.2) is 4.79 Å². The Morgan fingerprint density at radius 3 is 2.61 bits per heavy atom. The Hall–Kier alpha value is -2.82. The first kappa shape index (κ1) is 16.5. The predicted octanol–water partition coefficient (Wildman–Crippen LogP) is 3.22. The van der Waals surface area contributed by atoms with E-state index in [2.05, 4.69) is 10.6 Å². The Balaban J connectivity index is 1.88. The molecule has 0 aliphatic heterocycles. The minimum atomic E-state index is -0.405. The molecule has 0 radical (unpaired) electrons. The number of benzene rings is 2. The van der Waals surface area contributed by atoms with Gasteiger partial charge in [0.25, 0.3) is 0 Å². The number of ether oxygens (including phenoxy) is 1. The number of carbonyl (C=O) groups is 2. The van der Waals surface area contributed by atoms with E-state index in [1.54, 1.807) is 18.2 Å². The number of carbonyl (C=O) groups excluding carboxylic acids is 2. The number of hydrogen-bond donors (Lipinski definition) is 2. The number of aryl methyl sites for hydroxylation is 1. The van der Waals surface area contributed by atoms with E-state index in [1.165, 1.54) is 7.11 Å². The number of anilines is 2. The number of nitrogens with one attached hydrogen (secondary N) is 2. The minimum Gasteiger partial charge on any atom is -0.465 e. The maximum atomic E-state index is 11.9. The molecule has 0 bridgehead atoms. The smallest absolute Gasteiger partial charge is 0.339 e. The summed E-state index contributed by atoms with van der Waals surface area (Å²) in [6.45, 7) is 2.40. The van der Waals surface area contributed by atoms with Crippen LogP contribution in [0.3, 0.4) is 0 Å². The van der Waals surface area contributed by atoms with Crippen LogP contribution in [-0.2, 0) is 9.53 Å². The van der Waals surface area contributed by atoms with Gasteiger partial charge in [0.1, 0.15) is 0 Å². The van der Waals surface area contributed by atoms with Crippen molar-refractivity contribution in [2.45, 2.75) is 13.3 Å². The summed E-state index contributed by atoms with van der Waals surface area (Å²) in [7, 11) is 1.34. The van der Waals surface area contributed by atoms with Crippen molar-refractivity contribution in [2.75, 3.05) is 24.3 Å². The van der Waals surface area contributed by atoms with Crippen LogP contribution in [0, 0.1) is 6.92 Å². The van der Waals surface area contributed by atoms with Crippen LogP contribution < -0.4 is 10.6 Å². The summed E-state index contributed by atoms with van der Waals surface area (Å²) in [5.74, 6) is -0.490. The molecule has 0 spiro atoms. The van der Waals surface area contributed by atoms with E-state index in [1.807, 2.05) is 37.3 Å². The van der Waals surface area contributed by atoms with Crippen LogP contribution in [0.2, 0.25) is 0 Å². The highest BCUT2D eigenvalue weighted by molar-refractivity contribution is 5.95.